The van der Waals surface area contributed by atoms with Crippen LogP contribution in [0.5, 0.6) is 0 Å². The Bertz CT molecular complexity index is 529. The Morgan fingerprint density at radius 1 is 1.35 bits per heavy atom. The van der Waals surface area contributed by atoms with E-state index in [-0.39, 0.29) is 22.9 Å². The van der Waals surface area contributed by atoms with Gasteiger partial charge in [-0.3, -0.25) is 14.9 Å². The molecule has 1 aromatic heterocycles. The largest absolute Gasteiger partial charge is 0.481 e. The van der Waals surface area contributed by atoms with Crippen LogP contribution in [0.25, 0.3) is 0 Å². The van der Waals surface area contributed by atoms with E-state index in [9.17, 15) is 14.7 Å². The number of nitrogens with one attached hydrogen (secondary N) is 1. The minimum Gasteiger partial charge on any atom is -0.481 e. The molecule has 0 bridgehead atoms. The van der Waals surface area contributed by atoms with Crippen molar-refractivity contribution in [3.05, 3.63) is 16.9 Å². The summed E-state index contributed by atoms with van der Waals surface area (Å²) < 4.78 is 0. The molecule has 0 saturated heterocycles. The van der Waals surface area contributed by atoms with E-state index in [0.29, 0.717) is 18.5 Å². The molecule has 3 atom stereocenters. The maximum Gasteiger partial charge on any atom is 0.307 e. The monoisotopic (exact) mass is 297 g/mol. The van der Waals surface area contributed by atoms with Crippen molar-refractivity contribution < 1.29 is 14.7 Å². The van der Waals surface area contributed by atoms with E-state index in [1.54, 1.807) is 13.0 Å². The summed E-state index contributed by atoms with van der Waals surface area (Å²) in [5, 5.41) is 12.0. The van der Waals surface area contributed by atoms with Crippen LogP contribution >= 0.6 is 11.6 Å². The number of carboxylic acids is 1. The van der Waals surface area contributed by atoms with Gasteiger partial charge in [0.2, 0.25) is 11.9 Å². The maximum absolute atomic E-state index is 12.2. The summed E-state index contributed by atoms with van der Waals surface area (Å²) in [6.45, 7) is 3.68. The molecule has 0 spiro atoms. The zero-order valence-electron chi connectivity index (χ0n) is 11.3. The van der Waals surface area contributed by atoms with Crippen LogP contribution in [0.3, 0.4) is 0 Å². The number of aryl methyl sites for hydroxylation is 1. The van der Waals surface area contributed by atoms with E-state index in [1.807, 2.05) is 6.92 Å². The Labute approximate surface area is 121 Å². The first-order valence-corrected chi connectivity index (χ1v) is 6.79. The minimum absolute atomic E-state index is 0.115. The van der Waals surface area contributed by atoms with E-state index in [1.165, 1.54) is 0 Å². The van der Waals surface area contributed by atoms with Crippen molar-refractivity contribution >= 4 is 29.4 Å². The highest BCUT2D eigenvalue weighted by Crippen LogP contribution is 2.37. The van der Waals surface area contributed by atoms with Gasteiger partial charge in [0, 0.05) is 5.69 Å². The molecule has 1 fully saturated rings. The van der Waals surface area contributed by atoms with E-state index in [0.717, 1.165) is 0 Å². The lowest BCUT2D eigenvalue weighted by molar-refractivity contribution is -0.145. The van der Waals surface area contributed by atoms with Gasteiger partial charge < -0.3 is 5.11 Å². The van der Waals surface area contributed by atoms with Crippen molar-refractivity contribution in [1.29, 1.82) is 0 Å². The van der Waals surface area contributed by atoms with Gasteiger partial charge >= 0.3 is 5.97 Å². The third-order valence-corrected chi connectivity index (χ3v) is 3.70. The minimum atomic E-state index is -0.933. The van der Waals surface area contributed by atoms with Crippen LogP contribution < -0.4 is 5.32 Å². The molecule has 20 heavy (non-hydrogen) atoms. The molecular weight excluding hydrogens is 282 g/mol. The number of carbonyl (C=O) groups is 2. The highest BCUT2D eigenvalue weighted by atomic mass is 35.5. The fourth-order valence-corrected chi connectivity index (χ4v) is 2.88. The standard InChI is InChI=1S/C13H16ClN3O3/c1-6-3-8(9(4-6)12(19)20)11(18)17-13-15-7(2)5-10(14)16-13/h5-6,8-9H,3-4H2,1-2H3,(H,19,20)(H,15,16,17,18)/t6?,8-,9+/m0/s1. The first kappa shape index (κ1) is 14.7. The highest BCUT2D eigenvalue weighted by Gasteiger charge is 2.41. The van der Waals surface area contributed by atoms with E-state index in [2.05, 4.69) is 15.3 Å². The van der Waals surface area contributed by atoms with Gasteiger partial charge in [0.15, 0.2) is 0 Å². The number of nitrogens with zero attached hydrogens (tertiary/aromatic N) is 2. The lowest BCUT2D eigenvalue weighted by Crippen LogP contribution is -2.30. The van der Waals surface area contributed by atoms with Crippen LogP contribution in [0, 0.1) is 24.7 Å². The van der Waals surface area contributed by atoms with E-state index < -0.39 is 17.8 Å². The smallest absolute Gasteiger partial charge is 0.307 e. The predicted molar refractivity (Wildman–Crippen MR) is 73.4 cm³/mol. The molecule has 1 heterocycles. The Morgan fingerprint density at radius 3 is 2.60 bits per heavy atom. The molecule has 1 saturated carbocycles. The maximum atomic E-state index is 12.2. The number of carbonyl (C=O) groups excluding carboxylic acids is 1. The molecule has 0 aromatic carbocycles. The Hall–Kier alpha value is -1.69. The number of hydrogen-bond acceptors (Lipinski definition) is 4. The second kappa shape index (κ2) is 5.75. The lowest BCUT2D eigenvalue weighted by Gasteiger charge is -2.14. The van der Waals surface area contributed by atoms with Gasteiger partial charge in [-0.2, -0.15) is 0 Å². The molecule has 0 radical (unpaired) electrons. The number of amides is 1. The number of hydrogen-bond donors (Lipinski definition) is 2. The number of rotatable bonds is 3. The average molecular weight is 298 g/mol. The van der Waals surface area contributed by atoms with Gasteiger partial charge in [0.05, 0.1) is 11.8 Å². The third kappa shape index (κ3) is 3.25. The highest BCUT2D eigenvalue weighted by molar-refractivity contribution is 6.29. The molecule has 7 heteroatoms. The second-order valence-electron chi connectivity index (χ2n) is 5.27. The topological polar surface area (TPSA) is 92.2 Å². The summed E-state index contributed by atoms with van der Waals surface area (Å²) in [6.07, 6.45) is 1.07. The fraction of sp³-hybridized carbons (Fsp3) is 0.538. The SMILES string of the molecule is Cc1cc(Cl)nc(NC(=O)[C@H]2CC(C)C[C@H]2C(=O)O)n1. The molecule has 1 aromatic rings. The molecule has 2 rings (SSSR count). The van der Waals surface area contributed by atoms with Gasteiger partial charge in [-0.1, -0.05) is 18.5 Å². The van der Waals surface area contributed by atoms with Crippen molar-refractivity contribution in [3.8, 4) is 0 Å². The molecule has 0 aliphatic heterocycles. The number of aliphatic carboxylic acids is 1. The first-order valence-electron chi connectivity index (χ1n) is 6.41. The zero-order chi connectivity index (χ0) is 14.9. The summed E-state index contributed by atoms with van der Waals surface area (Å²) >= 11 is 5.80. The summed E-state index contributed by atoms with van der Waals surface area (Å²) in [5.41, 5.74) is 0.634. The van der Waals surface area contributed by atoms with Crippen molar-refractivity contribution in [1.82, 2.24) is 9.97 Å². The van der Waals surface area contributed by atoms with Gasteiger partial charge in [-0.05, 0) is 31.7 Å². The Kier molecular flexibility index (Phi) is 4.23. The van der Waals surface area contributed by atoms with Gasteiger partial charge in [0.1, 0.15) is 5.15 Å². The van der Waals surface area contributed by atoms with Crippen LogP contribution in [0.1, 0.15) is 25.5 Å². The van der Waals surface area contributed by atoms with Crippen LogP contribution in [-0.2, 0) is 9.59 Å². The zero-order valence-corrected chi connectivity index (χ0v) is 12.0. The summed E-state index contributed by atoms with van der Waals surface area (Å²) in [5.74, 6) is -2.16. The van der Waals surface area contributed by atoms with Crippen LogP contribution in [0.4, 0.5) is 5.95 Å². The second-order valence-corrected chi connectivity index (χ2v) is 5.66. The molecule has 1 unspecified atom stereocenters. The van der Waals surface area contributed by atoms with Crippen molar-refractivity contribution in [2.75, 3.05) is 5.32 Å². The van der Waals surface area contributed by atoms with Gasteiger partial charge in [0.25, 0.3) is 0 Å². The van der Waals surface area contributed by atoms with Crippen molar-refractivity contribution in [3.63, 3.8) is 0 Å². The predicted octanol–water partition coefficient (Wildman–Crippen LogP) is 2.12. The van der Waals surface area contributed by atoms with Gasteiger partial charge in [-0.25, -0.2) is 9.97 Å². The van der Waals surface area contributed by atoms with Crippen LogP contribution in [0.15, 0.2) is 6.07 Å². The molecule has 2 N–H and O–H groups in total. The molecule has 108 valence electrons. The summed E-state index contributed by atoms with van der Waals surface area (Å²) in [4.78, 5) is 31.4. The molecule has 1 aliphatic rings. The fourth-order valence-electron chi connectivity index (χ4n) is 2.64. The molecule has 1 amide bonds. The Morgan fingerprint density at radius 2 is 2.00 bits per heavy atom. The quantitative estimate of drug-likeness (QED) is 0.834. The van der Waals surface area contributed by atoms with Crippen molar-refractivity contribution in [2.24, 2.45) is 17.8 Å². The van der Waals surface area contributed by atoms with Crippen LogP contribution in [0.2, 0.25) is 5.15 Å². The summed E-state index contributed by atoms with van der Waals surface area (Å²) in [6, 6.07) is 1.58. The lowest BCUT2D eigenvalue weighted by atomic mass is 9.95. The Balaban J connectivity index is 2.13. The van der Waals surface area contributed by atoms with Gasteiger partial charge in [-0.15, -0.1) is 0 Å². The number of carboxylic acid groups (broad SMARTS) is 1. The van der Waals surface area contributed by atoms with Crippen LogP contribution in [-0.4, -0.2) is 27.0 Å². The van der Waals surface area contributed by atoms with Crippen molar-refractivity contribution in [2.45, 2.75) is 26.7 Å². The number of halogens is 1. The van der Waals surface area contributed by atoms with E-state index >= 15 is 0 Å². The number of aromatic nitrogens is 2. The molecular formula is C13H16ClN3O3. The molecule has 1 aliphatic carbocycles. The average Bonchev–Trinajstić information content (AvgIpc) is 2.70. The third-order valence-electron chi connectivity index (χ3n) is 3.51. The number of anilines is 1. The first-order chi connectivity index (χ1) is 9.36. The normalized spacial score (nSPS) is 25.4. The van der Waals surface area contributed by atoms with E-state index in [4.69, 9.17) is 11.6 Å². The molecule has 6 nitrogen and oxygen atoms in total. The summed E-state index contributed by atoms with van der Waals surface area (Å²) in [7, 11) is 0.